The zero-order valence-electron chi connectivity index (χ0n) is 17.2. The molecule has 0 radical (unpaired) electrons. The Balaban J connectivity index is 1.81. The van der Waals surface area contributed by atoms with Crippen molar-refractivity contribution in [1.82, 2.24) is 0 Å². The van der Waals surface area contributed by atoms with Crippen molar-refractivity contribution >= 4 is 46.2 Å². The number of nitrogens with zero attached hydrogens (tertiary/aromatic N) is 1. The van der Waals surface area contributed by atoms with E-state index in [9.17, 15) is 14.9 Å². The number of carbonyl (C=O) groups is 2. The maximum Gasteiger partial charge on any atom is 0.343 e. The Morgan fingerprint density at radius 3 is 2.41 bits per heavy atom. The number of ether oxygens (including phenoxy) is 2. The monoisotopic (exact) mass is 538 g/mol. The molecule has 0 heterocycles. The van der Waals surface area contributed by atoms with Crippen LogP contribution in [0, 0.1) is 14.9 Å². The van der Waals surface area contributed by atoms with E-state index in [0.717, 1.165) is 3.57 Å². The van der Waals surface area contributed by atoms with E-state index in [1.165, 1.54) is 6.08 Å². The van der Waals surface area contributed by atoms with Crippen molar-refractivity contribution in [3.05, 3.63) is 93.1 Å². The van der Waals surface area contributed by atoms with E-state index in [1.807, 2.05) is 24.3 Å². The number of nitriles is 1. The van der Waals surface area contributed by atoms with Gasteiger partial charge in [-0.05, 0) is 89.7 Å². The minimum absolute atomic E-state index is 0.0694. The summed E-state index contributed by atoms with van der Waals surface area (Å²) in [4.78, 5) is 24.9. The summed E-state index contributed by atoms with van der Waals surface area (Å²) in [5.41, 5.74) is 1.50. The molecule has 160 valence electrons. The van der Waals surface area contributed by atoms with Crippen molar-refractivity contribution < 1.29 is 19.1 Å². The molecule has 0 saturated carbocycles. The van der Waals surface area contributed by atoms with E-state index in [2.05, 4.69) is 27.9 Å². The number of benzene rings is 3. The first-order valence-electron chi connectivity index (χ1n) is 9.73. The molecule has 0 atom stereocenters. The van der Waals surface area contributed by atoms with Gasteiger partial charge in [0, 0.05) is 9.26 Å². The number of nitrogens with one attached hydrogen (secondary N) is 1. The van der Waals surface area contributed by atoms with Gasteiger partial charge in [-0.2, -0.15) is 5.26 Å². The van der Waals surface area contributed by atoms with Crippen LogP contribution in [0.2, 0.25) is 0 Å². The third kappa shape index (κ3) is 6.18. The van der Waals surface area contributed by atoms with E-state index >= 15 is 0 Å². The molecule has 6 nitrogen and oxygen atoms in total. The van der Waals surface area contributed by atoms with Crippen LogP contribution in [0.25, 0.3) is 6.08 Å². The lowest BCUT2D eigenvalue weighted by atomic mass is 10.1. The third-order valence-electron chi connectivity index (χ3n) is 4.26. The Morgan fingerprint density at radius 2 is 1.75 bits per heavy atom. The van der Waals surface area contributed by atoms with Crippen molar-refractivity contribution in [3.63, 3.8) is 0 Å². The van der Waals surface area contributed by atoms with E-state index in [4.69, 9.17) is 9.47 Å². The fraction of sp³-hybridized carbons (Fsp3) is 0.0800. The number of hydrogen-bond donors (Lipinski definition) is 1. The van der Waals surface area contributed by atoms with Gasteiger partial charge in [0.2, 0.25) is 0 Å². The molecule has 7 heteroatoms. The number of rotatable bonds is 7. The predicted octanol–water partition coefficient (Wildman–Crippen LogP) is 5.45. The van der Waals surface area contributed by atoms with Gasteiger partial charge in [0.25, 0.3) is 5.91 Å². The average molecular weight is 538 g/mol. The third-order valence-corrected chi connectivity index (χ3v) is 4.98. The molecule has 32 heavy (non-hydrogen) atoms. The molecule has 0 bridgehead atoms. The zero-order chi connectivity index (χ0) is 22.9. The Bertz CT molecular complexity index is 1180. The van der Waals surface area contributed by atoms with Crippen molar-refractivity contribution in [1.29, 1.82) is 5.26 Å². The molecular formula is C25H19IN2O4. The normalized spacial score (nSPS) is 10.7. The lowest BCUT2D eigenvalue weighted by Crippen LogP contribution is -2.13. The van der Waals surface area contributed by atoms with Crippen LogP contribution in [0.15, 0.2) is 78.4 Å². The molecule has 0 saturated heterocycles. The quantitative estimate of drug-likeness (QED) is 0.142. The Labute approximate surface area is 199 Å². The molecule has 0 aromatic heterocycles. The van der Waals surface area contributed by atoms with Gasteiger partial charge in [-0.15, -0.1) is 0 Å². The maximum atomic E-state index is 12.5. The average Bonchev–Trinajstić information content (AvgIpc) is 2.81. The van der Waals surface area contributed by atoms with Crippen molar-refractivity contribution in [2.45, 2.75) is 6.92 Å². The number of anilines is 1. The standard InChI is InChI=1S/C25H19IN2O4/c1-2-31-23-15-17(8-13-22(23)32-25(30)18-6-4-3-5-7-18)14-19(16-27)24(29)28-21-11-9-20(26)10-12-21/h3-15H,2H2,1H3,(H,28,29)/b19-14+. The van der Waals surface area contributed by atoms with Crippen LogP contribution in [-0.2, 0) is 4.79 Å². The summed E-state index contributed by atoms with van der Waals surface area (Å²) in [6.07, 6.45) is 1.45. The SMILES string of the molecule is CCOc1cc(/C=C(\C#N)C(=O)Nc2ccc(I)cc2)ccc1OC(=O)c1ccccc1. The molecular weight excluding hydrogens is 519 g/mol. The summed E-state index contributed by atoms with van der Waals surface area (Å²) in [6, 6.07) is 22.6. The molecule has 1 N–H and O–H groups in total. The Morgan fingerprint density at radius 1 is 1.03 bits per heavy atom. The van der Waals surface area contributed by atoms with Crippen LogP contribution in [0.5, 0.6) is 11.5 Å². The summed E-state index contributed by atoms with van der Waals surface area (Å²) in [6.45, 7) is 2.15. The minimum Gasteiger partial charge on any atom is -0.490 e. The fourth-order valence-corrected chi connectivity index (χ4v) is 3.11. The van der Waals surface area contributed by atoms with Crippen LogP contribution < -0.4 is 14.8 Å². The number of esters is 1. The molecule has 0 unspecified atom stereocenters. The van der Waals surface area contributed by atoms with Crippen molar-refractivity contribution in [2.75, 3.05) is 11.9 Å². The number of amides is 1. The highest BCUT2D eigenvalue weighted by Crippen LogP contribution is 2.30. The van der Waals surface area contributed by atoms with Crippen LogP contribution in [0.4, 0.5) is 5.69 Å². The lowest BCUT2D eigenvalue weighted by molar-refractivity contribution is -0.112. The molecule has 0 aliphatic heterocycles. The van der Waals surface area contributed by atoms with E-state index in [0.29, 0.717) is 29.2 Å². The van der Waals surface area contributed by atoms with E-state index in [-0.39, 0.29) is 11.3 Å². The first kappa shape index (κ1) is 23.0. The number of carbonyl (C=O) groups excluding carboxylic acids is 2. The molecule has 0 spiro atoms. The van der Waals surface area contributed by atoms with Gasteiger partial charge in [0.15, 0.2) is 11.5 Å². The van der Waals surface area contributed by atoms with Gasteiger partial charge in [-0.25, -0.2) is 4.79 Å². The van der Waals surface area contributed by atoms with Gasteiger partial charge in [0.1, 0.15) is 11.6 Å². The molecule has 3 aromatic carbocycles. The van der Waals surface area contributed by atoms with Crippen LogP contribution in [-0.4, -0.2) is 18.5 Å². The second kappa shape index (κ2) is 11.1. The summed E-state index contributed by atoms with van der Waals surface area (Å²) in [5.74, 6) is -0.448. The first-order chi connectivity index (χ1) is 15.5. The van der Waals surface area contributed by atoms with Gasteiger partial charge in [0.05, 0.1) is 12.2 Å². The van der Waals surface area contributed by atoms with Gasteiger partial charge >= 0.3 is 5.97 Å². The summed E-state index contributed by atoms with van der Waals surface area (Å²) < 4.78 is 12.1. The fourth-order valence-electron chi connectivity index (χ4n) is 2.75. The minimum atomic E-state index is -0.522. The second-order valence-corrected chi connectivity index (χ2v) is 7.77. The summed E-state index contributed by atoms with van der Waals surface area (Å²) in [5, 5.41) is 12.2. The topological polar surface area (TPSA) is 88.4 Å². The van der Waals surface area contributed by atoms with Crippen LogP contribution in [0.1, 0.15) is 22.8 Å². The number of halogens is 1. The van der Waals surface area contributed by atoms with E-state index in [1.54, 1.807) is 61.5 Å². The number of hydrogen-bond acceptors (Lipinski definition) is 5. The van der Waals surface area contributed by atoms with E-state index < -0.39 is 11.9 Å². The molecule has 0 fully saturated rings. The van der Waals surface area contributed by atoms with Crippen molar-refractivity contribution in [2.24, 2.45) is 0 Å². The molecule has 0 aliphatic carbocycles. The van der Waals surface area contributed by atoms with Crippen LogP contribution in [0.3, 0.4) is 0 Å². The summed E-state index contributed by atoms with van der Waals surface area (Å²) >= 11 is 2.17. The van der Waals surface area contributed by atoms with Crippen LogP contribution >= 0.6 is 22.6 Å². The summed E-state index contributed by atoms with van der Waals surface area (Å²) in [7, 11) is 0. The first-order valence-corrected chi connectivity index (χ1v) is 10.8. The van der Waals surface area contributed by atoms with Gasteiger partial charge < -0.3 is 14.8 Å². The zero-order valence-corrected chi connectivity index (χ0v) is 19.3. The molecule has 1 amide bonds. The molecule has 0 aliphatic rings. The Hall–Kier alpha value is -3.64. The second-order valence-electron chi connectivity index (χ2n) is 6.53. The highest BCUT2D eigenvalue weighted by molar-refractivity contribution is 14.1. The molecule has 3 rings (SSSR count). The van der Waals surface area contributed by atoms with Gasteiger partial charge in [-0.3, -0.25) is 4.79 Å². The van der Waals surface area contributed by atoms with Gasteiger partial charge in [-0.1, -0.05) is 24.3 Å². The smallest absolute Gasteiger partial charge is 0.343 e. The highest BCUT2D eigenvalue weighted by atomic mass is 127. The predicted molar refractivity (Wildman–Crippen MR) is 130 cm³/mol. The lowest BCUT2D eigenvalue weighted by Gasteiger charge is -2.12. The maximum absolute atomic E-state index is 12.5. The van der Waals surface area contributed by atoms with Crippen molar-refractivity contribution in [3.8, 4) is 17.6 Å². The largest absolute Gasteiger partial charge is 0.490 e. The Kier molecular flexibility index (Phi) is 8.00. The molecule has 3 aromatic rings. The highest BCUT2D eigenvalue weighted by Gasteiger charge is 2.14.